The van der Waals surface area contributed by atoms with E-state index in [0.29, 0.717) is 46.9 Å². The van der Waals surface area contributed by atoms with Crippen LogP contribution in [0.15, 0.2) is 17.1 Å². The summed E-state index contributed by atoms with van der Waals surface area (Å²) < 4.78 is 7.44. The Kier molecular flexibility index (Phi) is 5.34. The average molecular weight is 369 g/mol. The largest absolute Gasteiger partial charge is 0.477 e. The van der Waals surface area contributed by atoms with Crippen LogP contribution < -0.4 is 10.3 Å². The summed E-state index contributed by atoms with van der Waals surface area (Å²) in [6.07, 6.45) is 4.03. The Morgan fingerprint density at radius 3 is 2.74 bits per heavy atom. The van der Waals surface area contributed by atoms with Gasteiger partial charge < -0.3 is 9.72 Å². The first-order valence-corrected chi connectivity index (χ1v) is 9.06. The van der Waals surface area contributed by atoms with Gasteiger partial charge in [0.05, 0.1) is 17.9 Å². The van der Waals surface area contributed by atoms with Crippen LogP contribution in [0.5, 0.6) is 5.88 Å². The highest BCUT2D eigenvalue weighted by atomic mass is 16.5. The number of Topliss-reactive ketones (excluding diaryl/α,β-unsaturated/α-hetero) is 1. The molecule has 0 atom stereocenters. The molecule has 0 aliphatic carbocycles. The maximum Gasteiger partial charge on any atom is 0.279 e. The number of hydrogen-bond acceptors (Lipinski definition) is 6. The Bertz CT molecular complexity index is 1050. The highest BCUT2D eigenvalue weighted by Crippen LogP contribution is 2.27. The van der Waals surface area contributed by atoms with Gasteiger partial charge in [0, 0.05) is 18.8 Å². The maximum atomic E-state index is 12.5. The van der Waals surface area contributed by atoms with Crippen molar-refractivity contribution in [2.75, 3.05) is 6.61 Å². The zero-order valence-electron chi connectivity index (χ0n) is 16.0. The lowest BCUT2D eigenvalue weighted by Crippen LogP contribution is -2.11. The maximum absolute atomic E-state index is 12.5. The molecule has 0 unspecified atom stereocenters. The van der Waals surface area contributed by atoms with E-state index in [9.17, 15) is 9.59 Å². The summed E-state index contributed by atoms with van der Waals surface area (Å²) in [5.74, 6) is 0.540. The number of pyridine rings is 1. The topological polar surface area (TPSA) is 103 Å². The molecule has 0 spiro atoms. The SMILES string of the molecule is CCCCOc1ncc(C(C)=O)cc1-c1nc2c(CC)n(C)nc2c(=O)[nH]1. The molecule has 3 rings (SSSR count). The van der Waals surface area contributed by atoms with Crippen LogP contribution in [0.2, 0.25) is 0 Å². The lowest BCUT2D eigenvalue weighted by molar-refractivity contribution is 0.101. The van der Waals surface area contributed by atoms with Gasteiger partial charge in [0.25, 0.3) is 5.56 Å². The second kappa shape index (κ2) is 7.69. The van der Waals surface area contributed by atoms with E-state index in [1.165, 1.54) is 13.1 Å². The second-order valence-electron chi connectivity index (χ2n) is 6.37. The van der Waals surface area contributed by atoms with Crippen LogP contribution in [0.25, 0.3) is 22.4 Å². The van der Waals surface area contributed by atoms with E-state index >= 15 is 0 Å². The van der Waals surface area contributed by atoms with Crippen molar-refractivity contribution in [2.24, 2.45) is 7.05 Å². The number of hydrogen-bond donors (Lipinski definition) is 1. The summed E-state index contributed by atoms with van der Waals surface area (Å²) in [4.78, 5) is 36.0. The smallest absolute Gasteiger partial charge is 0.279 e. The summed E-state index contributed by atoms with van der Waals surface area (Å²) >= 11 is 0. The molecule has 27 heavy (non-hydrogen) atoms. The zero-order valence-corrected chi connectivity index (χ0v) is 16.0. The predicted octanol–water partition coefficient (Wildman–Crippen LogP) is 2.66. The van der Waals surface area contributed by atoms with Crippen molar-refractivity contribution < 1.29 is 9.53 Å². The molecule has 3 aromatic rings. The van der Waals surface area contributed by atoms with Crippen LogP contribution in [-0.2, 0) is 13.5 Å². The molecule has 8 nitrogen and oxygen atoms in total. The number of rotatable bonds is 7. The van der Waals surface area contributed by atoms with Crippen LogP contribution >= 0.6 is 0 Å². The molecule has 0 saturated heterocycles. The van der Waals surface area contributed by atoms with E-state index in [4.69, 9.17) is 4.74 Å². The van der Waals surface area contributed by atoms with Gasteiger partial charge in [-0.2, -0.15) is 5.10 Å². The Balaban J connectivity index is 2.20. The third kappa shape index (κ3) is 3.60. The number of aromatic amines is 1. The van der Waals surface area contributed by atoms with Crippen LogP contribution in [0, 0.1) is 0 Å². The Hall–Kier alpha value is -3.03. The lowest BCUT2D eigenvalue weighted by Gasteiger charge is -2.11. The molecule has 0 bridgehead atoms. The van der Waals surface area contributed by atoms with E-state index in [-0.39, 0.29) is 11.3 Å². The van der Waals surface area contributed by atoms with E-state index in [0.717, 1.165) is 18.5 Å². The van der Waals surface area contributed by atoms with Crippen molar-refractivity contribution in [3.05, 3.63) is 33.9 Å². The number of carbonyl (C=O) groups is 1. The van der Waals surface area contributed by atoms with Crippen molar-refractivity contribution in [3.63, 3.8) is 0 Å². The molecule has 0 radical (unpaired) electrons. The van der Waals surface area contributed by atoms with Crippen LogP contribution in [0.4, 0.5) is 0 Å². The predicted molar refractivity (Wildman–Crippen MR) is 102 cm³/mol. The van der Waals surface area contributed by atoms with Gasteiger partial charge in [0.2, 0.25) is 5.88 Å². The number of ketones is 1. The number of nitrogens with one attached hydrogen (secondary N) is 1. The van der Waals surface area contributed by atoms with Gasteiger partial charge in [0.15, 0.2) is 11.3 Å². The van der Waals surface area contributed by atoms with Gasteiger partial charge in [-0.3, -0.25) is 14.3 Å². The standard InChI is InChI=1S/C19H23N5O3/c1-5-7-8-27-19-13(9-12(10-20-19)11(3)25)17-21-15-14(6-2)24(4)23-16(15)18(26)22-17/h9-10H,5-8H2,1-4H3,(H,21,22,26). The molecule has 0 amide bonds. The summed E-state index contributed by atoms with van der Waals surface area (Å²) in [7, 11) is 1.79. The zero-order chi connectivity index (χ0) is 19.6. The molecule has 0 fully saturated rings. The molecule has 3 aromatic heterocycles. The first kappa shape index (κ1) is 18.8. The molecule has 0 aromatic carbocycles. The number of carbonyl (C=O) groups excluding carboxylic acids is 1. The highest BCUT2D eigenvalue weighted by Gasteiger charge is 2.18. The fourth-order valence-corrected chi connectivity index (χ4v) is 2.89. The minimum absolute atomic E-state index is 0.122. The minimum Gasteiger partial charge on any atom is -0.477 e. The molecular formula is C19H23N5O3. The average Bonchev–Trinajstić information content (AvgIpc) is 2.97. The van der Waals surface area contributed by atoms with Crippen molar-refractivity contribution in [1.82, 2.24) is 24.7 Å². The number of H-pyrrole nitrogens is 1. The Labute approximate surface area is 156 Å². The van der Waals surface area contributed by atoms with Crippen molar-refractivity contribution in [1.29, 1.82) is 0 Å². The summed E-state index contributed by atoms with van der Waals surface area (Å²) in [5.41, 5.74) is 2.29. The lowest BCUT2D eigenvalue weighted by atomic mass is 10.1. The minimum atomic E-state index is -0.335. The third-order valence-electron chi connectivity index (χ3n) is 4.39. The van der Waals surface area contributed by atoms with Crippen LogP contribution in [0.3, 0.4) is 0 Å². The van der Waals surface area contributed by atoms with Crippen LogP contribution in [0.1, 0.15) is 49.7 Å². The van der Waals surface area contributed by atoms with Crippen molar-refractivity contribution >= 4 is 16.8 Å². The Morgan fingerprint density at radius 2 is 2.07 bits per heavy atom. The number of ether oxygens (including phenoxy) is 1. The first-order chi connectivity index (χ1) is 13.0. The van der Waals surface area contributed by atoms with Gasteiger partial charge in [-0.1, -0.05) is 20.3 Å². The van der Waals surface area contributed by atoms with Crippen LogP contribution in [-0.4, -0.2) is 37.1 Å². The third-order valence-corrected chi connectivity index (χ3v) is 4.39. The number of nitrogens with zero attached hydrogens (tertiary/aromatic N) is 4. The summed E-state index contributed by atoms with van der Waals surface area (Å²) in [6, 6.07) is 1.66. The van der Waals surface area contributed by atoms with Gasteiger partial charge >= 0.3 is 0 Å². The van der Waals surface area contributed by atoms with Gasteiger partial charge in [-0.05, 0) is 25.8 Å². The number of aromatic nitrogens is 5. The van der Waals surface area contributed by atoms with Gasteiger partial charge in [0.1, 0.15) is 11.3 Å². The van der Waals surface area contributed by atoms with E-state index in [1.807, 2.05) is 6.92 Å². The second-order valence-corrected chi connectivity index (χ2v) is 6.37. The monoisotopic (exact) mass is 369 g/mol. The highest BCUT2D eigenvalue weighted by molar-refractivity contribution is 5.95. The summed E-state index contributed by atoms with van der Waals surface area (Å²) in [5, 5.41) is 4.26. The quantitative estimate of drug-likeness (QED) is 0.507. The number of fused-ring (bicyclic) bond motifs is 1. The molecule has 3 heterocycles. The van der Waals surface area contributed by atoms with Gasteiger partial charge in [-0.25, -0.2) is 9.97 Å². The normalized spacial score (nSPS) is 11.1. The fourth-order valence-electron chi connectivity index (χ4n) is 2.89. The van der Waals surface area contributed by atoms with Crippen molar-refractivity contribution in [2.45, 2.75) is 40.0 Å². The molecule has 0 saturated carbocycles. The summed E-state index contributed by atoms with van der Waals surface area (Å²) in [6.45, 7) is 6.01. The molecule has 8 heteroatoms. The van der Waals surface area contributed by atoms with E-state index in [2.05, 4.69) is 27.0 Å². The van der Waals surface area contributed by atoms with E-state index in [1.54, 1.807) is 17.8 Å². The molecular weight excluding hydrogens is 346 g/mol. The molecule has 0 aliphatic rings. The molecule has 1 N–H and O–H groups in total. The number of aryl methyl sites for hydroxylation is 2. The molecule has 0 aliphatic heterocycles. The van der Waals surface area contributed by atoms with Crippen molar-refractivity contribution in [3.8, 4) is 17.3 Å². The van der Waals surface area contributed by atoms with Gasteiger partial charge in [-0.15, -0.1) is 0 Å². The molecule has 142 valence electrons. The fraction of sp³-hybridized carbons (Fsp3) is 0.421. The Morgan fingerprint density at radius 1 is 1.30 bits per heavy atom. The first-order valence-electron chi connectivity index (χ1n) is 9.06. The number of unbranched alkanes of at least 4 members (excludes halogenated alkanes) is 1. The van der Waals surface area contributed by atoms with E-state index < -0.39 is 0 Å².